The molecule has 0 aliphatic rings. The summed E-state index contributed by atoms with van der Waals surface area (Å²) in [6, 6.07) is 6.91. The van der Waals surface area contributed by atoms with E-state index in [1.807, 2.05) is 24.3 Å². The zero-order valence-corrected chi connectivity index (χ0v) is 11.3. The van der Waals surface area contributed by atoms with Crippen molar-refractivity contribution in [2.24, 2.45) is 5.73 Å². The van der Waals surface area contributed by atoms with Gasteiger partial charge in [-0.05, 0) is 24.1 Å². The maximum Gasteiger partial charge on any atom is 0.241 e. The van der Waals surface area contributed by atoms with Crippen LogP contribution in [0.1, 0.15) is 6.42 Å². The van der Waals surface area contributed by atoms with Crippen LogP contribution in [0.4, 0.5) is 5.69 Å². The number of aromatic nitrogens is 2. The minimum Gasteiger partial charge on any atom is -0.385 e. The van der Waals surface area contributed by atoms with Crippen molar-refractivity contribution in [1.82, 2.24) is 9.97 Å². The molecular formula is C14H18N4O2. The van der Waals surface area contributed by atoms with E-state index in [2.05, 4.69) is 15.3 Å². The van der Waals surface area contributed by atoms with Crippen LogP contribution in [-0.4, -0.2) is 35.6 Å². The number of amides is 1. The monoisotopic (exact) mass is 274 g/mol. The third-order valence-corrected chi connectivity index (χ3v) is 2.93. The zero-order valence-electron chi connectivity index (χ0n) is 11.3. The molecular weight excluding hydrogens is 256 g/mol. The van der Waals surface area contributed by atoms with Crippen LogP contribution in [0.3, 0.4) is 0 Å². The second-order valence-corrected chi connectivity index (χ2v) is 4.42. The highest BCUT2D eigenvalue weighted by atomic mass is 16.5. The molecule has 1 unspecified atom stereocenters. The van der Waals surface area contributed by atoms with E-state index in [1.165, 1.54) is 0 Å². The number of H-pyrrole nitrogens is 1. The molecule has 0 fully saturated rings. The summed E-state index contributed by atoms with van der Waals surface area (Å²) in [6.07, 6.45) is 3.86. The number of nitrogens with one attached hydrogen (secondary N) is 2. The fourth-order valence-corrected chi connectivity index (χ4v) is 1.76. The molecule has 1 atom stereocenters. The van der Waals surface area contributed by atoms with Crippen LogP contribution in [0.2, 0.25) is 0 Å². The van der Waals surface area contributed by atoms with E-state index in [9.17, 15) is 4.79 Å². The number of imidazole rings is 1. The lowest BCUT2D eigenvalue weighted by atomic mass is 10.1. The summed E-state index contributed by atoms with van der Waals surface area (Å²) >= 11 is 0. The summed E-state index contributed by atoms with van der Waals surface area (Å²) in [5.74, 6) is -0.212. The summed E-state index contributed by atoms with van der Waals surface area (Å²) in [7, 11) is 1.58. The van der Waals surface area contributed by atoms with Crippen LogP contribution in [-0.2, 0) is 9.53 Å². The minimum atomic E-state index is -0.567. The van der Waals surface area contributed by atoms with Gasteiger partial charge in [0.2, 0.25) is 5.91 Å². The molecule has 6 nitrogen and oxygen atoms in total. The van der Waals surface area contributed by atoms with Crippen molar-refractivity contribution in [3.05, 3.63) is 36.8 Å². The number of hydrogen-bond donors (Lipinski definition) is 3. The summed E-state index contributed by atoms with van der Waals surface area (Å²) in [6.45, 7) is 0.466. The van der Waals surface area contributed by atoms with Crippen LogP contribution < -0.4 is 11.1 Å². The van der Waals surface area contributed by atoms with Gasteiger partial charge in [0, 0.05) is 19.4 Å². The summed E-state index contributed by atoms with van der Waals surface area (Å²) in [5.41, 5.74) is 8.40. The molecule has 2 aromatic rings. The Bertz CT molecular complexity index is 537. The molecule has 2 rings (SSSR count). The van der Waals surface area contributed by atoms with Gasteiger partial charge in [-0.3, -0.25) is 4.79 Å². The van der Waals surface area contributed by atoms with Gasteiger partial charge >= 0.3 is 0 Å². The highest BCUT2D eigenvalue weighted by Gasteiger charge is 2.13. The highest BCUT2D eigenvalue weighted by Crippen LogP contribution is 2.18. The molecule has 0 aliphatic heterocycles. The SMILES string of the molecule is COCCC(N)C(=O)Nc1ccc(-c2cnc[nH]2)cc1. The highest BCUT2D eigenvalue weighted by molar-refractivity contribution is 5.94. The van der Waals surface area contributed by atoms with Gasteiger partial charge in [-0.25, -0.2) is 4.98 Å². The normalized spacial score (nSPS) is 12.1. The van der Waals surface area contributed by atoms with Crippen LogP contribution >= 0.6 is 0 Å². The molecule has 1 amide bonds. The van der Waals surface area contributed by atoms with E-state index < -0.39 is 6.04 Å². The molecule has 20 heavy (non-hydrogen) atoms. The smallest absolute Gasteiger partial charge is 0.241 e. The molecule has 106 valence electrons. The first-order valence-electron chi connectivity index (χ1n) is 6.35. The predicted molar refractivity (Wildman–Crippen MR) is 77.1 cm³/mol. The third kappa shape index (κ3) is 3.66. The van der Waals surface area contributed by atoms with Crippen LogP contribution in [0.5, 0.6) is 0 Å². The Morgan fingerprint density at radius 1 is 1.45 bits per heavy atom. The second kappa shape index (κ2) is 6.83. The van der Waals surface area contributed by atoms with Crippen molar-refractivity contribution in [2.45, 2.75) is 12.5 Å². The Morgan fingerprint density at radius 2 is 2.20 bits per heavy atom. The lowest BCUT2D eigenvalue weighted by molar-refractivity contribution is -0.117. The van der Waals surface area contributed by atoms with Gasteiger partial charge in [0.1, 0.15) is 0 Å². The van der Waals surface area contributed by atoms with Gasteiger partial charge in [-0.2, -0.15) is 0 Å². The van der Waals surface area contributed by atoms with Crippen LogP contribution in [0.15, 0.2) is 36.8 Å². The van der Waals surface area contributed by atoms with Gasteiger partial charge in [-0.1, -0.05) is 12.1 Å². The van der Waals surface area contributed by atoms with E-state index in [4.69, 9.17) is 10.5 Å². The van der Waals surface area contributed by atoms with E-state index >= 15 is 0 Å². The van der Waals surface area contributed by atoms with E-state index in [1.54, 1.807) is 19.6 Å². The molecule has 0 saturated carbocycles. The average Bonchev–Trinajstić information content (AvgIpc) is 2.99. The number of aromatic amines is 1. The summed E-state index contributed by atoms with van der Waals surface area (Å²) in [5, 5.41) is 2.78. The van der Waals surface area contributed by atoms with Crippen molar-refractivity contribution in [3.63, 3.8) is 0 Å². The van der Waals surface area contributed by atoms with Crippen molar-refractivity contribution >= 4 is 11.6 Å². The number of ether oxygens (including phenoxy) is 1. The number of methoxy groups -OCH3 is 1. The third-order valence-electron chi connectivity index (χ3n) is 2.93. The predicted octanol–water partition coefficient (Wildman–Crippen LogP) is 1.38. The van der Waals surface area contributed by atoms with Crippen molar-refractivity contribution < 1.29 is 9.53 Å². The van der Waals surface area contributed by atoms with Gasteiger partial charge in [0.05, 0.1) is 24.3 Å². The molecule has 1 aromatic carbocycles. The zero-order chi connectivity index (χ0) is 14.4. The molecule has 0 spiro atoms. The number of carbonyl (C=O) groups excluding carboxylic acids is 1. The van der Waals surface area contributed by atoms with Crippen molar-refractivity contribution in [2.75, 3.05) is 19.0 Å². The number of rotatable bonds is 6. The standard InChI is InChI=1S/C14H18N4O2/c1-20-7-6-12(15)14(19)18-11-4-2-10(3-5-11)13-8-16-9-17-13/h2-5,8-9,12H,6-7,15H2,1H3,(H,16,17)(H,18,19). The fourth-order valence-electron chi connectivity index (χ4n) is 1.76. The number of nitrogens with zero attached hydrogens (tertiary/aromatic N) is 1. The minimum absolute atomic E-state index is 0.212. The van der Waals surface area contributed by atoms with E-state index in [0.29, 0.717) is 18.7 Å². The maximum absolute atomic E-state index is 11.8. The largest absolute Gasteiger partial charge is 0.385 e. The lowest BCUT2D eigenvalue weighted by Gasteiger charge is -2.12. The summed E-state index contributed by atoms with van der Waals surface area (Å²) in [4.78, 5) is 18.8. The van der Waals surface area contributed by atoms with E-state index in [-0.39, 0.29) is 5.91 Å². The van der Waals surface area contributed by atoms with Gasteiger partial charge in [0.15, 0.2) is 0 Å². The van der Waals surface area contributed by atoms with E-state index in [0.717, 1.165) is 11.3 Å². The second-order valence-electron chi connectivity index (χ2n) is 4.42. The Morgan fingerprint density at radius 3 is 2.80 bits per heavy atom. The summed E-state index contributed by atoms with van der Waals surface area (Å²) < 4.78 is 4.90. The number of nitrogens with two attached hydrogens (primary N) is 1. The maximum atomic E-state index is 11.8. The molecule has 1 heterocycles. The molecule has 0 saturated heterocycles. The topological polar surface area (TPSA) is 93.0 Å². The Kier molecular flexibility index (Phi) is 4.86. The van der Waals surface area contributed by atoms with Crippen molar-refractivity contribution in [3.8, 4) is 11.3 Å². The molecule has 6 heteroatoms. The van der Waals surface area contributed by atoms with Gasteiger partial charge in [-0.15, -0.1) is 0 Å². The molecule has 0 aliphatic carbocycles. The van der Waals surface area contributed by atoms with Crippen LogP contribution in [0.25, 0.3) is 11.3 Å². The molecule has 0 radical (unpaired) electrons. The van der Waals surface area contributed by atoms with Gasteiger partial charge < -0.3 is 20.8 Å². The van der Waals surface area contributed by atoms with Crippen LogP contribution in [0, 0.1) is 0 Å². The Hall–Kier alpha value is -2.18. The average molecular weight is 274 g/mol. The fraction of sp³-hybridized carbons (Fsp3) is 0.286. The molecule has 1 aromatic heterocycles. The van der Waals surface area contributed by atoms with Crippen molar-refractivity contribution in [1.29, 1.82) is 0 Å². The number of hydrogen-bond acceptors (Lipinski definition) is 4. The first-order valence-corrected chi connectivity index (χ1v) is 6.35. The Balaban J connectivity index is 1.95. The first-order chi connectivity index (χ1) is 9.70. The first kappa shape index (κ1) is 14.2. The quantitative estimate of drug-likeness (QED) is 0.742. The Labute approximate surface area is 117 Å². The molecule has 4 N–H and O–H groups in total. The lowest BCUT2D eigenvalue weighted by Crippen LogP contribution is -2.36. The molecule has 0 bridgehead atoms. The van der Waals surface area contributed by atoms with Gasteiger partial charge in [0.25, 0.3) is 0 Å². The number of anilines is 1. The number of benzene rings is 1. The number of carbonyl (C=O) groups is 1.